The van der Waals surface area contributed by atoms with Crippen LogP contribution in [0.4, 0.5) is 0 Å². The maximum atomic E-state index is 10.6. The minimum absolute atomic E-state index is 0.0456. The van der Waals surface area contributed by atoms with Gasteiger partial charge in [-0.05, 0) is 17.7 Å². The van der Waals surface area contributed by atoms with E-state index in [1.807, 2.05) is 12.1 Å². The Labute approximate surface area is 89.2 Å². The molecule has 5 nitrogen and oxygen atoms in total. The van der Waals surface area contributed by atoms with Crippen molar-refractivity contribution in [3.63, 3.8) is 0 Å². The summed E-state index contributed by atoms with van der Waals surface area (Å²) in [5, 5.41) is 0. The van der Waals surface area contributed by atoms with Crippen molar-refractivity contribution in [1.29, 1.82) is 0 Å². The van der Waals surface area contributed by atoms with Crippen LogP contribution in [-0.4, -0.2) is 32.9 Å². The molecule has 0 spiro atoms. The molecule has 0 aliphatic carbocycles. The lowest BCUT2D eigenvalue weighted by Gasteiger charge is -2.03. The summed E-state index contributed by atoms with van der Waals surface area (Å²) in [5.41, 5.74) is 0.990. The standard InChI is InChI=1S/C9H13NO4S/c1-15(11,12)14-7-6-13-8-9-2-4-10-5-3-9/h2-5H,6-8H2,1H3. The molecule has 0 unspecified atom stereocenters. The van der Waals surface area contributed by atoms with Crippen LogP contribution in [0.15, 0.2) is 24.5 Å². The fourth-order valence-corrected chi connectivity index (χ4v) is 1.28. The highest BCUT2D eigenvalue weighted by Crippen LogP contribution is 1.98. The third-order valence-electron chi connectivity index (χ3n) is 1.54. The van der Waals surface area contributed by atoms with E-state index in [4.69, 9.17) is 4.74 Å². The largest absolute Gasteiger partial charge is 0.374 e. The highest BCUT2D eigenvalue weighted by molar-refractivity contribution is 7.85. The van der Waals surface area contributed by atoms with Crippen LogP contribution in [0.3, 0.4) is 0 Å². The Kier molecular flexibility index (Phi) is 4.67. The van der Waals surface area contributed by atoms with Gasteiger partial charge in [0.05, 0.1) is 26.1 Å². The minimum atomic E-state index is -3.36. The summed E-state index contributed by atoms with van der Waals surface area (Å²) < 4.78 is 30.9. The Balaban J connectivity index is 2.13. The number of ether oxygens (including phenoxy) is 1. The van der Waals surface area contributed by atoms with Gasteiger partial charge in [0.15, 0.2) is 0 Å². The highest BCUT2D eigenvalue weighted by atomic mass is 32.2. The predicted octanol–water partition coefficient (Wildman–Crippen LogP) is 0.574. The zero-order valence-corrected chi connectivity index (χ0v) is 9.24. The number of nitrogens with zero attached hydrogens (tertiary/aromatic N) is 1. The summed E-state index contributed by atoms with van der Waals surface area (Å²) in [5.74, 6) is 0. The molecule has 1 rings (SSSR count). The van der Waals surface area contributed by atoms with Crippen LogP contribution in [0.25, 0.3) is 0 Å². The molecule has 0 amide bonds. The van der Waals surface area contributed by atoms with Gasteiger partial charge in [-0.25, -0.2) is 0 Å². The first kappa shape index (κ1) is 12.1. The van der Waals surface area contributed by atoms with Crippen molar-refractivity contribution in [1.82, 2.24) is 4.98 Å². The average Bonchev–Trinajstić information content (AvgIpc) is 2.17. The van der Waals surface area contributed by atoms with E-state index in [2.05, 4.69) is 9.17 Å². The first-order chi connectivity index (χ1) is 7.08. The molecule has 0 saturated heterocycles. The van der Waals surface area contributed by atoms with Crippen LogP contribution in [0.2, 0.25) is 0 Å². The molecule has 0 bridgehead atoms. The zero-order valence-electron chi connectivity index (χ0n) is 8.42. The minimum Gasteiger partial charge on any atom is -0.374 e. The Morgan fingerprint density at radius 2 is 1.93 bits per heavy atom. The second-order valence-electron chi connectivity index (χ2n) is 2.93. The maximum Gasteiger partial charge on any atom is 0.264 e. The fraction of sp³-hybridized carbons (Fsp3) is 0.444. The lowest BCUT2D eigenvalue weighted by atomic mass is 10.3. The molecule has 84 valence electrons. The summed E-state index contributed by atoms with van der Waals surface area (Å²) in [7, 11) is -3.36. The lowest BCUT2D eigenvalue weighted by Crippen LogP contribution is -2.09. The number of hydrogen-bond acceptors (Lipinski definition) is 5. The molecule has 0 aliphatic rings. The van der Waals surface area contributed by atoms with E-state index < -0.39 is 10.1 Å². The topological polar surface area (TPSA) is 65.5 Å². The van der Waals surface area contributed by atoms with Crippen molar-refractivity contribution in [2.24, 2.45) is 0 Å². The van der Waals surface area contributed by atoms with E-state index in [0.29, 0.717) is 6.61 Å². The summed E-state index contributed by atoms with van der Waals surface area (Å²) in [6, 6.07) is 3.66. The van der Waals surface area contributed by atoms with Crippen LogP contribution in [0, 0.1) is 0 Å². The molecular weight excluding hydrogens is 218 g/mol. The molecule has 6 heteroatoms. The highest BCUT2D eigenvalue weighted by Gasteiger charge is 2.00. The van der Waals surface area contributed by atoms with Gasteiger partial charge in [0.2, 0.25) is 0 Å². The Bertz CT molecular complexity index is 376. The van der Waals surface area contributed by atoms with Gasteiger partial charge in [-0.15, -0.1) is 0 Å². The normalized spacial score (nSPS) is 11.5. The molecule has 0 saturated carbocycles. The maximum absolute atomic E-state index is 10.6. The second-order valence-corrected chi connectivity index (χ2v) is 4.58. The molecule has 0 radical (unpaired) electrons. The van der Waals surface area contributed by atoms with Crippen molar-refractivity contribution in [2.75, 3.05) is 19.5 Å². The molecule has 0 N–H and O–H groups in total. The molecule has 0 fully saturated rings. The van der Waals surface area contributed by atoms with Gasteiger partial charge in [0.1, 0.15) is 0 Å². The molecule has 1 heterocycles. The van der Waals surface area contributed by atoms with Crippen molar-refractivity contribution >= 4 is 10.1 Å². The molecule has 15 heavy (non-hydrogen) atoms. The van der Waals surface area contributed by atoms with E-state index in [0.717, 1.165) is 11.8 Å². The van der Waals surface area contributed by atoms with Gasteiger partial charge in [-0.1, -0.05) is 0 Å². The van der Waals surface area contributed by atoms with Gasteiger partial charge in [0, 0.05) is 12.4 Å². The Morgan fingerprint density at radius 3 is 2.53 bits per heavy atom. The SMILES string of the molecule is CS(=O)(=O)OCCOCc1ccncc1. The van der Waals surface area contributed by atoms with Crippen LogP contribution >= 0.6 is 0 Å². The van der Waals surface area contributed by atoms with Gasteiger partial charge >= 0.3 is 0 Å². The van der Waals surface area contributed by atoms with Crippen molar-refractivity contribution in [3.05, 3.63) is 30.1 Å². The average molecular weight is 231 g/mol. The fourth-order valence-electron chi connectivity index (χ4n) is 0.913. The van der Waals surface area contributed by atoms with Gasteiger partial charge in [-0.2, -0.15) is 8.42 Å². The Hall–Kier alpha value is -0.980. The van der Waals surface area contributed by atoms with E-state index in [1.54, 1.807) is 12.4 Å². The van der Waals surface area contributed by atoms with Gasteiger partial charge in [-0.3, -0.25) is 9.17 Å². The van der Waals surface area contributed by atoms with Crippen LogP contribution < -0.4 is 0 Å². The van der Waals surface area contributed by atoms with Gasteiger partial charge in [0.25, 0.3) is 10.1 Å². The number of aromatic nitrogens is 1. The van der Waals surface area contributed by atoms with Crippen LogP contribution in [0.1, 0.15) is 5.56 Å². The molecule has 0 aliphatic heterocycles. The monoisotopic (exact) mass is 231 g/mol. The molecule has 1 aromatic heterocycles. The molecule has 0 aromatic carbocycles. The van der Waals surface area contributed by atoms with E-state index in [9.17, 15) is 8.42 Å². The smallest absolute Gasteiger partial charge is 0.264 e. The number of hydrogen-bond donors (Lipinski definition) is 0. The predicted molar refractivity (Wildman–Crippen MR) is 54.7 cm³/mol. The van der Waals surface area contributed by atoms with Gasteiger partial charge < -0.3 is 4.74 Å². The van der Waals surface area contributed by atoms with Crippen molar-refractivity contribution < 1.29 is 17.3 Å². The van der Waals surface area contributed by atoms with Crippen molar-refractivity contribution in [3.8, 4) is 0 Å². The number of rotatable bonds is 6. The summed E-state index contributed by atoms with van der Waals surface area (Å²) in [6.45, 7) is 0.717. The first-order valence-electron chi connectivity index (χ1n) is 4.39. The molecule has 0 atom stereocenters. The quantitative estimate of drug-likeness (QED) is 0.529. The summed E-state index contributed by atoms with van der Waals surface area (Å²) >= 11 is 0. The van der Waals surface area contributed by atoms with E-state index in [1.165, 1.54) is 0 Å². The van der Waals surface area contributed by atoms with E-state index >= 15 is 0 Å². The number of pyridine rings is 1. The van der Waals surface area contributed by atoms with Crippen LogP contribution in [-0.2, 0) is 25.6 Å². The molecular formula is C9H13NO4S. The second kappa shape index (κ2) is 5.79. The summed E-state index contributed by atoms with van der Waals surface area (Å²) in [6.07, 6.45) is 4.35. The lowest BCUT2D eigenvalue weighted by molar-refractivity contribution is 0.0910. The first-order valence-corrected chi connectivity index (χ1v) is 6.20. The third-order valence-corrected chi connectivity index (χ3v) is 2.14. The summed E-state index contributed by atoms with van der Waals surface area (Å²) in [4.78, 5) is 3.86. The van der Waals surface area contributed by atoms with E-state index in [-0.39, 0.29) is 13.2 Å². The Morgan fingerprint density at radius 1 is 1.27 bits per heavy atom. The third kappa shape index (κ3) is 6.16. The zero-order chi connectivity index (χ0) is 11.1. The molecule has 1 aromatic rings. The van der Waals surface area contributed by atoms with Crippen molar-refractivity contribution in [2.45, 2.75) is 6.61 Å². The van der Waals surface area contributed by atoms with Crippen LogP contribution in [0.5, 0.6) is 0 Å².